The molecule has 0 saturated heterocycles. The van der Waals surface area contributed by atoms with Crippen molar-refractivity contribution in [2.75, 3.05) is 0 Å². The van der Waals surface area contributed by atoms with Crippen molar-refractivity contribution in [2.45, 2.75) is 103 Å². The maximum absolute atomic E-state index is 10.3. The predicted molar refractivity (Wildman–Crippen MR) is 116 cm³/mol. The Bertz CT molecular complexity index is 634. The van der Waals surface area contributed by atoms with Crippen LogP contribution in [0.2, 0.25) is 0 Å². The lowest BCUT2D eigenvalue weighted by atomic mass is 9.47. The zero-order valence-corrected chi connectivity index (χ0v) is 18.4. The third kappa shape index (κ3) is 3.33. The molecule has 2 heteroatoms. The summed E-state index contributed by atoms with van der Waals surface area (Å²) in [6.45, 7) is 10.8. The van der Waals surface area contributed by atoms with E-state index in [0.29, 0.717) is 10.8 Å². The average molecular weight is 387 g/mol. The van der Waals surface area contributed by atoms with Crippen LogP contribution in [0.3, 0.4) is 0 Å². The van der Waals surface area contributed by atoms with Gasteiger partial charge in [-0.25, -0.2) is 0 Å². The van der Waals surface area contributed by atoms with Crippen LogP contribution in [0.1, 0.15) is 91.4 Å². The molecule has 0 spiro atoms. The summed E-state index contributed by atoms with van der Waals surface area (Å²) in [4.78, 5) is 0. The molecule has 3 saturated carbocycles. The van der Waals surface area contributed by atoms with E-state index in [4.69, 9.17) is 0 Å². The van der Waals surface area contributed by atoms with Crippen LogP contribution in [0.5, 0.6) is 0 Å². The van der Waals surface area contributed by atoms with Crippen molar-refractivity contribution in [3.05, 3.63) is 24.3 Å². The molecule has 0 amide bonds. The first-order valence-electron chi connectivity index (χ1n) is 11.9. The molecule has 0 aliphatic heterocycles. The Morgan fingerprint density at radius 1 is 1.18 bits per heavy atom. The fraction of sp³-hybridized carbons (Fsp3) is 0.846. The van der Waals surface area contributed by atoms with Crippen LogP contribution in [-0.2, 0) is 0 Å². The van der Waals surface area contributed by atoms with Gasteiger partial charge >= 0.3 is 0 Å². The van der Waals surface area contributed by atoms with Gasteiger partial charge in [-0.05, 0) is 112 Å². The standard InChI is InChI=1S/C26H42O2/c1-5-24(2,28)14-6-7-18-9-11-22-21-10-8-19-17-20(27)12-15-26(19,4)23(21)13-16-25(18,22)3/h5,8,18,20-23,27-28H,1,6-7,9-17H2,2-4H3/t18-,20?,21?,22?,23?,24-,25?,26?/m0/s1. The second-order valence-electron chi connectivity index (χ2n) is 11.4. The normalized spacial score (nSPS) is 47.3. The Morgan fingerprint density at radius 3 is 2.71 bits per heavy atom. The summed E-state index contributed by atoms with van der Waals surface area (Å²) in [5.41, 5.74) is 1.72. The molecule has 28 heavy (non-hydrogen) atoms. The van der Waals surface area contributed by atoms with Gasteiger partial charge in [0.1, 0.15) is 0 Å². The quantitative estimate of drug-likeness (QED) is 0.566. The van der Waals surface area contributed by atoms with Gasteiger partial charge in [-0.1, -0.05) is 31.6 Å². The molecule has 0 radical (unpaired) electrons. The fourth-order valence-corrected chi connectivity index (χ4v) is 8.03. The summed E-state index contributed by atoms with van der Waals surface area (Å²) in [7, 11) is 0. The number of aliphatic hydroxyl groups excluding tert-OH is 1. The van der Waals surface area contributed by atoms with Crippen LogP contribution in [0.15, 0.2) is 24.3 Å². The van der Waals surface area contributed by atoms with Gasteiger partial charge in [-0.3, -0.25) is 0 Å². The van der Waals surface area contributed by atoms with E-state index in [9.17, 15) is 10.2 Å². The first-order chi connectivity index (χ1) is 13.2. The van der Waals surface area contributed by atoms with Crippen molar-refractivity contribution in [3.8, 4) is 0 Å². The summed E-state index contributed by atoms with van der Waals surface area (Å²) < 4.78 is 0. The molecular formula is C26H42O2. The Morgan fingerprint density at radius 2 is 1.96 bits per heavy atom. The van der Waals surface area contributed by atoms with Crippen molar-refractivity contribution >= 4 is 0 Å². The molecule has 4 rings (SSSR count). The van der Waals surface area contributed by atoms with E-state index in [-0.39, 0.29) is 6.10 Å². The van der Waals surface area contributed by atoms with E-state index in [1.54, 1.807) is 11.6 Å². The molecule has 0 aromatic carbocycles. The first-order valence-corrected chi connectivity index (χ1v) is 11.9. The van der Waals surface area contributed by atoms with Crippen molar-refractivity contribution in [2.24, 2.45) is 34.5 Å². The third-order valence-electron chi connectivity index (χ3n) is 9.95. The highest BCUT2D eigenvalue weighted by molar-refractivity contribution is 5.25. The van der Waals surface area contributed by atoms with Crippen LogP contribution >= 0.6 is 0 Å². The molecule has 4 aliphatic carbocycles. The Labute approximate surface area is 172 Å². The molecule has 3 fully saturated rings. The van der Waals surface area contributed by atoms with Crippen LogP contribution in [0.25, 0.3) is 0 Å². The highest BCUT2D eigenvalue weighted by Crippen LogP contribution is 2.66. The van der Waals surface area contributed by atoms with Crippen molar-refractivity contribution < 1.29 is 10.2 Å². The summed E-state index contributed by atoms with van der Waals surface area (Å²) >= 11 is 0. The van der Waals surface area contributed by atoms with Gasteiger partial charge in [0.15, 0.2) is 0 Å². The highest BCUT2D eigenvalue weighted by atomic mass is 16.3. The summed E-state index contributed by atoms with van der Waals surface area (Å²) in [6.07, 6.45) is 17.3. The maximum atomic E-state index is 10.3. The zero-order valence-electron chi connectivity index (χ0n) is 18.4. The zero-order chi connectivity index (χ0) is 20.2. The lowest BCUT2D eigenvalue weighted by molar-refractivity contribution is -0.0513. The Kier molecular flexibility index (Phi) is 5.37. The molecule has 6 unspecified atom stereocenters. The number of hydrogen-bond acceptors (Lipinski definition) is 2. The molecular weight excluding hydrogens is 344 g/mol. The minimum Gasteiger partial charge on any atom is -0.393 e. The van der Waals surface area contributed by atoms with Crippen molar-refractivity contribution in [1.82, 2.24) is 0 Å². The minimum absolute atomic E-state index is 0.103. The third-order valence-corrected chi connectivity index (χ3v) is 9.95. The largest absolute Gasteiger partial charge is 0.393 e. The first kappa shape index (κ1) is 20.7. The average Bonchev–Trinajstić information content (AvgIpc) is 2.99. The number of rotatable bonds is 5. The van der Waals surface area contributed by atoms with Crippen LogP contribution in [-0.4, -0.2) is 21.9 Å². The number of fused-ring (bicyclic) bond motifs is 5. The smallest absolute Gasteiger partial charge is 0.0797 e. The van der Waals surface area contributed by atoms with Crippen LogP contribution < -0.4 is 0 Å². The number of aliphatic hydroxyl groups is 2. The molecule has 0 aromatic rings. The number of allylic oxidation sites excluding steroid dienone is 1. The lowest BCUT2D eigenvalue weighted by Crippen LogP contribution is -2.50. The van der Waals surface area contributed by atoms with Crippen molar-refractivity contribution in [1.29, 1.82) is 0 Å². The molecule has 2 nitrogen and oxygen atoms in total. The summed E-state index contributed by atoms with van der Waals surface area (Å²) in [5, 5.41) is 20.4. The van der Waals surface area contributed by atoms with Gasteiger partial charge in [-0.15, -0.1) is 6.58 Å². The molecule has 158 valence electrons. The SMILES string of the molecule is C=C[C@](C)(O)CCC[C@H]1CCC2C3CC=C4CC(O)CCC4(C)C3CCC21C. The second-order valence-corrected chi connectivity index (χ2v) is 11.4. The Balaban J connectivity index is 1.47. The highest BCUT2D eigenvalue weighted by Gasteiger charge is 2.58. The molecule has 0 aromatic heterocycles. The van der Waals surface area contributed by atoms with Gasteiger partial charge in [0, 0.05) is 0 Å². The van der Waals surface area contributed by atoms with Gasteiger partial charge in [0.05, 0.1) is 11.7 Å². The van der Waals surface area contributed by atoms with Gasteiger partial charge in [0.25, 0.3) is 0 Å². The van der Waals surface area contributed by atoms with Gasteiger partial charge < -0.3 is 10.2 Å². The van der Waals surface area contributed by atoms with E-state index in [1.807, 2.05) is 6.92 Å². The topological polar surface area (TPSA) is 40.5 Å². The van der Waals surface area contributed by atoms with Gasteiger partial charge in [-0.2, -0.15) is 0 Å². The summed E-state index contributed by atoms with van der Waals surface area (Å²) in [6, 6.07) is 0. The monoisotopic (exact) mass is 386 g/mol. The molecule has 0 heterocycles. The second kappa shape index (κ2) is 7.27. The minimum atomic E-state index is -0.707. The number of hydrogen-bond donors (Lipinski definition) is 2. The van der Waals surface area contributed by atoms with Gasteiger partial charge in [0.2, 0.25) is 0 Å². The molecule has 2 N–H and O–H groups in total. The predicted octanol–water partition coefficient (Wildman–Crippen LogP) is 6.03. The lowest BCUT2D eigenvalue weighted by Gasteiger charge is -2.58. The van der Waals surface area contributed by atoms with E-state index in [2.05, 4.69) is 26.5 Å². The fourth-order valence-electron chi connectivity index (χ4n) is 8.03. The molecule has 0 bridgehead atoms. The maximum Gasteiger partial charge on any atom is 0.0797 e. The summed E-state index contributed by atoms with van der Waals surface area (Å²) in [5.74, 6) is 3.38. The van der Waals surface area contributed by atoms with Crippen LogP contribution in [0.4, 0.5) is 0 Å². The Hall–Kier alpha value is -0.600. The van der Waals surface area contributed by atoms with E-state index < -0.39 is 5.60 Å². The van der Waals surface area contributed by atoms with E-state index in [0.717, 1.165) is 49.4 Å². The van der Waals surface area contributed by atoms with E-state index in [1.165, 1.54) is 44.9 Å². The molecule has 8 atom stereocenters. The van der Waals surface area contributed by atoms with Crippen LogP contribution in [0, 0.1) is 34.5 Å². The molecule has 4 aliphatic rings. The van der Waals surface area contributed by atoms with E-state index >= 15 is 0 Å². The van der Waals surface area contributed by atoms with Crippen molar-refractivity contribution in [3.63, 3.8) is 0 Å².